The summed E-state index contributed by atoms with van der Waals surface area (Å²) in [6.07, 6.45) is 3.74. The third kappa shape index (κ3) is 5.80. The third-order valence-corrected chi connectivity index (χ3v) is 5.26. The van der Waals surface area contributed by atoms with E-state index in [1.807, 2.05) is 25.2 Å². The summed E-state index contributed by atoms with van der Waals surface area (Å²) in [5.74, 6) is 0.641. The Balaban J connectivity index is 1.87. The number of hydrogen-bond donors (Lipinski definition) is 3. The lowest BCUT2D eigenvalue weighted by Crippen LogP contribution is -2.24. The Hall–Kier alpha value is -2.97. The van der Waals surface area contributed by atoms with Gasteiger partial charge in [0, 0.05) is 25.3 Å². The van der Waals surface area contributed by atoms with Crippen LogP contribution in [0.15, 0.2) is 41.3 Å². The zero-order valence-electron chi connectivity index (χ0n) is 18.5. The SMILES string of the molecule is CCC[C@@H](C)Nc1nc(N)nc2ccn(Cc3ccc(CN(C)CCO)cc3)c(=O)c12. The fourth-order valence-electron chi connectivity index (χ4n) is 3.68. The number of aromatic nitrogens is 3. The van der Waals surface area contributed by atoms with E-state index >= 15 is 0 Å². The third-order valence-electron chi connectivity index (χ3n) is 5.26. The highest BCUT2D eigenvalue weighted by atomic mass is 16.3. The molecule has 3 rings (SSSR count). The van der Waals surface area contributed by atoms with Crippen LogP contribution >= 0.6 is 0 Å². The quantitative estimate of drug-likeness (QED) is 0.459. The Morgan fingerprint density at radius 2 is 1.90 bits per heavy atom. The number of anilines is 2. The molecule has 0 spiro atoms. The van der Waals surface area contributed by atoms with E-state index in [-0.39, 0.29) is 24.2 Å². The van der Waals surface area contributed by atoms with E-state index < -0.39 is 0 Å². The molecule has 4 N–H and O–H groups in total. The van der Waals surface area contributed by atoms with E-state index in [0.29, 0.717) is 29.8 Å². The van der Waals surface area contributed by atoms with Gasteiger partial charge in [0.1, 0.15) is 11.2 Å². The first-order chi connectivity index (χ1) is 14.9. The maximum absolute atomic E-state index is 13.3. The van der Waals surface area contributed by atoms with E-state index in [4.69, 9.17) is 10.8 Å². The van der Waals surface area contributed by atoms with Gasteiger partial charge < -0.3 is 20.7 Å². The summed E-state index contributed by atoms with van der Waals surface area (Å²) in [6.45, 7) is 6.18. The van der Waals surface area contributed by atoms with Crippen molar-refractivity contribution in [1.29, 1.82) is 0 Å². The first kappa shape index (κ1) is 22.7. The molecule has 0 saturated heterocycles. The Labute approximate surface area is 182 Å². The standard InChI is InChI=1S/C23H32N6O2/c1-4-5-16(2)25-21-20-19(26-23(24)27-21)10-11-29(22(20)31)15-18-8-6-17(7-9-18)14-28(3)12-13-30/h6-11,16,30H,4-5,12-15H2,1-3H3,(H3,24,25,26,27)/t16-/m1/s1. The van der Waals surface area contributed by atoms with Gasteiger partial charge >= 0.3 is 0 Å². The summed E-state index contributed by atoms with van der Waals surface area (Å²) in [5.41, 5.74) is 8.45. The summed E-state index contributed by atoms with van der Waals surface area (Å²) in [5, 5.41) is 12.8. The second-order valence-corrected chi connectivity index (χ2v) is 8.05. The first-order valence-electron chi connectivity index (χ1n) is 10.7. The van der Waals surface area contributed by atoms with Gasteiger partial charge in [-0.1, -0.05) is 37.6 Å². The van der Waals surface area contributed by atoms with Crippen LogP contribution in [0, 0.1) is 0 Å². The van der Waals surface area contributed by atoms with Gasteiger partial charge in [0.15, 0.2) is 0 Å². The summed E-state index contributed by atoms with van der Waals surface area (Å²) in [4.78, 5) is 23.9. The molecule has 0 fully saturated rings. The van der Waals surface area contributed by atoms with E-state index in [2.05, 4.69) is 46.2 Å². The van der Waals surface area contributed by atoms with Gasteiger partial charge in [-0.2, -0.15) is 4.98 Å². The maximum Gasteiger partial charge on any atom is 0.264 e. The van der Waals surface area contributed by atoms with Gasteiger partial charge in [0.05, 0.1) is 18.7 Å². The Morgan fingerprint density at radius 3 is 2.58 bits per heavy atom. The Kier molecular flexibility index (Phi) is 7.59. The van der Waals surface area contributed by atoms with Crippen molar-refractivity contribution in [2.24, 2.45) is 0 Å². The fraction of sp³-hybridized carbons (Fsp3) is 0.435. The largest absolute Gasteiger partial charge is 0.395 e. The van der Waals surface area contributed by atoms with Crippen LogP contribution in [-0.4, -0.2) is 50.8 Å². The molecule has 2 aromatic heterocycles. The van der Waals surface area contributed by atoms with E-state index in [0.717, 1.165) is 30.5 Å². The van der Waals surface area contributed by atoms with Crippen LogP contribution in [0.1, 0.15) is 37.8 Å². The topological polar surface area (TPSA) is 109 Å². The molecular formula is C23H32N6O2. The van der Waals surface area contributed by atoms with Gasteiger partial charge in [-0.25, -0.2) is 4.98 Å². The van der Waals surface area contributed by atoms with Crippen molar-refractivity contribution in [3.8, 4) is 0 Å². The second-order valence-electron chi connectivity index (χ2n) is 8.05. The van der Waals surface area contributed by atoms with Gasteiger partial charge in [0.25, 0.3) is 5.56 Å². The molecule has 0 saturated carbocycles. The minimum absolute atomic E-state index is 0.142. The molecule has 0 bridgehead atoms. The molecule has 8 nitrogen and oxygen atoms in total. The molecule has 1 aromatic carbocycles. The normalized spacial score (nSPS) is 12.4. The van der Waals surface area contributed by atoms with Crippen LogP contribution in [0.25, 0.3) is 10.9 Å². The molecule has 0 radical (unpaired) electrons. The molecule has 1 atom stereocenters. The minimum Gasteiger partial charge on any atom is -0.395 e. The molecule has 0 aliphatic rings. The molecule has 2 heterocycles. The molecular weight excluding hydrogens is 392 g/mol. The van der Waals surface area contributed by atoms with E-state index in [9.17, 15) is 4.79 Å². The number of nitrogen functional groups attached to an aromatic ring is 1. The van der Waals surface area contributed by atoms with Crippen molar-refractivity contribution < 1.29 is 5.11 Å². The van der Waals surface area contributed by atoms with Crippen LogP contribution in [0.2, 0.25) is 0 Å². The van der Waals surface area contributed by atoms with Crippen LogP contribution in [0.3, 0.4) is 0 Å². The average Bonchev–Trinajstić information content (AvgIpc) is 2.71. The number of nitrogens with one attached hydrogen (secondary N) is 1. The number of aliphatic hydroxyl groups is 1. The summed E-state index contributed by atoms with van der Waals surface area (Å²) in [7, 11) is 1.97. The van der Waals surface area contributed by atoms with Gasteiger partial charge in [-0.3, -0.25) is 9.69 Å². The number of hydrogen-bond acceptors (Lipinski definition) is 7. The molecule has 0 aliphatic heterocycles. The zero-order chi connectivity index (χ0) is 22.4. The van der Waals surface area contributed by atoms with E-state index in [1.165, 1.54) is 0 Å². The number of aliphatic hydroxyl groups excluding tert-OH is 1. The fourth-order valence-corrected chi connectivity index (χ4v) is 3.68. The molecule has 8 heteroatoms. The van der Waals surface area contributed by atoms with Crippen molar-refractivity contribution in [1.82, 2.24) is 19.4 Å². The minimum atomic E-state index is -0.143. The maximum atomic E-state index is 13.3. The van der Waals surface area contributed by atoms with Crippen molar-refractivity contribution in [3.63, 3.8) is 0 Å². The summed E-state index contributed by atoms with van der Waals surface area (Å²) >= 11 is 0. The number of nitrogens with two attached hydrogens (primary N) is 1. The van der Waals surface area contributed by atoms with Gasteiger partial charge in [0.2, 0.25) is 5.95 Å². The monoisotopic (exact) mass is 424 g/mol. The number of likely N-dealkylation sites (N-methyl/N-ethyl adjacent to an activating group) is 1. The highest BCUT2D eigenvalue weighted by Gasteiger charge is 2.14. The van der Waals surface area contributed by atoms with Crippen molar-refractivity contribution >= 4 is 22.7 Å². The van der Waals surface area contributed by atoms with Crippen molar-refractivity contribution in [2.45, 2.75) is 45.8 Å². The Bertz CT molecular complexity index is 1060. The lowest BCUT2D eigenvalue weighted by atomic mass is 10.1. The highest BCUT2D eigenvalue weighted by Crippen LogP contribution is 2.19. The predicted molar refractivity (Wildman–Crippen MR) is 125 cm³/mol. The number of rotatable bonds is 10. The zero-order valence-corrected chi connectivity index (χ0v) is 18.5. The number of benzene rings is 1. The smallest absolute Gasteiger partial charge is 0.264 e. The van der Waals surface area contributed by atoms with Crippen LogP contribution < -0.4 is 16.6 Å². The lowest BCUT2D eigenvalue weighted by molar-refractivity contribution is 0.217. The summed E-state index contributed by atoms with van der Waals surface area (Å²) < 4.78 is 1.67. The summed E-state index contributed by atoms with van der Waals surface area (Å²) in [6, 6.07) is 10.1. The molecule has 31 heavy (non-hydrogen) atoms. The van der Waals surface area contributed by atoms with Crippen LogP contribution in [-0.2, 0) is 13.1 Å². The van der Waals surface area contributed by atoms with Crippen LogP contribution in [0.5, 0.6) is 0 Å². The van der Waals surface area contributed by atoms with Gasteiger partial charge in [-0.05, 0) is 37.6 Å². The number of fused-ring (bicyclic) bond motifs is 1. The number of pyridine rings is 1. The molecule has 3 aromatic rings. The molecule has 0 unspecified atom stereocenters. The van der Waals surface area contributed by atoms with Crippen molar-refractivity contribution in [2.75, 3.05) is 31.2 Å². The Morgan fingerprint density at radius 1 is 1.19 bits per heavy atom. The van der Waals surface area contributed by atoms with E-state index in [1.54, 1.807) is 10.8 Å². The lowest BCUT2D eigenvalue weighted by Gasteiger charge is -2.16. The predicted octanol–water partition coefficient (Wildman–Crippen LogP) is 2.45. The first-order valence-corrected chi connectivity index (χ1v) is 10.7. The molecule has 0 aliphatic carbocycles. The average molecular weight is 425 g/mol. The van der Waals surface area contributed by atoms with Gasteiger partial charge in [-0.15, -0.1) is 0 Å². The highest BCUT2D eigenvalue weighted by molar-refractivity contribution is 5.89. The van der Waals surface area contributed by atoms with Crippen molar-refractivity contribution in [3.05, 3.63) is 58.0 Å². The number of nitrogens with zero attached hydrogens (tertiary/aromatic N) is 4. The molecule has 0 amide bonds. The van der Waals surface area contributed by atoms with Crippen LogP contribution in [0.4, 0.5) is 11.8 Å². The molecule has 166 valence electrons. The second kappa shape index (κ2) is 10.4.